The third-order valence-electron chi connectivity index (χ3n) is 3.07. The minimum Gasteiger partial charge on any atom is -0.396 e. The van der Waals surface area contributed by atoms with E-state index in [2.05, 4.69) is 10.4 Å². The average Bonchev–Trinajstić information content (AvgIpc) is 2.68. The summed E-state index contributed by atoms with van der Waals surface area (Å²) in [4.78, 5) is 0. The number of hydrogen-bond acceptors (Lipinski definition) is 3. The van der Waals surface area contributed by atoms with Crippen molar-refractivity contribution < 1.29 is 5.11 Å². The molecule has 0 atom stereocenters. The van der Waals surface area contributed by atoms with Crippen LogP contribution < -0.4 is 5.43 Å². The van der Waals surface area contributed by atoms with Crippen LogP contribution in [0.1, 0.15) is 25.7 Å². The lowest BCUT2D eigenvalue weighted by Crippen LogP contribution is -2.37. The highest BCUT2D eigenvalue weighted by atomic mass is 16.3. The summed E-state index contributed by atoms with van der Waals surface area (Å²) in [6.07, 6.45) is 5.11. The summed E-state index contributed by atoms with van der Waals surface area (Å²) >= 11 is 0. The van der Waals surface area contributed by atoms with Crippen molar-refractivity contribution >= 4 is 0 Å². The lowest BCUT2D eigenvalue weighted by molar-refractivity contribution is 0.206. The molecule has 0 aromatic rings. The van der Waals surface area contributed by atoms with E-state index in [1.54, 1.807) is 0 Å². The van der Waals surface area contributed by atoms with Crippen molar-refractivity contribution in [1.82, 2.24) is 10.4 Å². The second-order valence-corrected chi connectivity index (χ2v) is 4.16. The van der Waals surface area contributed by atoms with Crippen molar-refractivity contribution in [2.75, 3.05) is 26.2 Å². The lowest BCUT2D eigenvalue weighted by atomic mass is 10.1. The Labute approximate surface area is 73.7 Å². The Balaban J connectivity index is 1.63. The average molecular weight is 170 g/mol. The van der Waals surface area contributed by atoms with Gasteiger partial charge in [0.05, 0.1) is 0 Å². The van der Waals surface area contributed by atoms with Gasteiger partial charge in [-0.15, -0.1) is 0 Å². The largest absolute Gasteiger partial charge is 0.396 e. The summed E-state index contributed by atoms with van der Waals surface area (Å²) in [5.74, 6) is 0. The number of aliphatic hydroxyl groups is 1. The van der Waals surface area contributed by atoms with E-state index in [1.165, 1.54) is 32.4 Å². The van der Waals surface area contributed by atoms with Crippen LogP contribution in [0.25, 0.3) is 0 Å². The normalized spacial score (nSPS) is 26.8. The third kappa shape index (κ3) is 1.79. The van der Waals surface area contributed by atoms with Gasteiger partial charge in [0.1, 0.15) is 0 Å². The van der Waals surface area contributed by atoms with Crippen LogP contribution in [0.3, 0.4) is 0 Å². The second kappa shape index (κ2) is 3.32. The van der Waals surface area contributed by atoms with E-state index >= 15 is 0 Å². The van der Waals surface area contributed by atoms with Gasteiger partial charge in [0.2, 0.25) is 0 Å². The smallest absolute Gasteiger partial charge is 0.0443 e. The third-order valence-corrected chi connectivity index (χ3v) is 3.07. The molecule has 0 aromatic heterocycles. The molecular weight excluding hydrogens is 152 g/mol. The van der Waals surface area contributed by atoms with Crippen LogP contribution in [-0.4, -0.2) is 36.4 Å². The molecular formula is C9H18N2O. The maximum Gasteiger partial charge on any atom is 0.0443 e. The lowest BCUT2D eigenvalue weighted by Gasteiger charge is -2.16. The Kier molecular flexibility index (Phi) is 2.35. The van der Waals surface area contributed by atoms with Crippen molar-refractivity contribution in [3.8, 4) is 0 Å². The van der Waals surface area contributed by atoms with Gasteiger partial charge in [0.15, 0.2) is 0 Å². The molecule has 1 saturated heterocycles. The van der Waals surface area contributed by atoms with Crippen LogP contribution in [0.5, 0.6) is 0 Å². The van der Waals surface area contributed by atoms with Gasteiger partial charge >= 0.3 is 0 Å². The predicted octanol–water partition coefficient (Wildman–Crippen LogP) is 0.359. The number of aliphatic hydroxyl groups excluding tert-OH is 1. The molecule has 1 heterocycles. The fraction of sp³-hybridized carbons (Fsp3) is 1.00. The van der Waals surface area contributed by atoms with Gasteiger partial charge in [-0.1, -0.05) is 0 Å². The zero-order chi connectivity index (χ0) is 8.44. The Bertz CT molecular complexity index is 157. The first-order valence-electron chi connectivity index (χ1n) is 4.94. The van der Waals surface area contributed by atoms with Gasteiger partial charge in [0.25, 0.3) is 0 Å². The summed E-state index contributed by atoms with van der Waals surface area (Å²) < 4.78 is 0. The fourth-order valence-electron chi connectivity index (χ4n) is 1.97. The molecule has 0 unspecified atom stereocenters. The zero-order valence-electron chi connectivity index (χ0n) is 7.55. The highest BCUT2D eigenvalue weighted by Gasteiger charge is 2.47. The molecule has 2 fully saturated rings. The predicted molar refractivity (Wildman–Crippen MR) is 47.6 cm³/mol. The molecule has 1 aliphatic carbocycles. The Morgan fingerprint density at radius 2 is 2.17 bits per heavy atom. The van der Waals surface area contributed by atoms with E-state index in [1.807, 2.05) is 0 Å². The molecule has 2 aliphatic rings. The maximum absolute atomic E-state index is 8.60. The van der Waals surface area contributed by atoms with E-state index in [9.17, 15) is 0 Å². The first kappa shape index (κ1) is 8.48. The van der Waals surface area contributed by atoms with Crippen LogP contribution in [0.15, 0.2) is 0 Å². The van der Waals surface area contributed by atoms with Crippen molar-refractivity contribution in [3.05, 3.63) is 0 Å². The monoisotopic (exact) mass is 170 g/mol. The molecule has 12 heavy (non-hydrogen) atoms. The Morgan fingerprint density at radius 3 is 2.75 bits per heavy atom. The molecule has 0 aromatic carbocycles. The van der Waals surface area contributed by atoms with E-state index in [0.29, 0.717) is 12.0 Å². The van der Waals surface area contributed by atoms with Crippen molar-refractivity contribution in [2.24, 2.45) is 5.41 Å². The zero-order valence-corrected chi connectivity index (χ0v) is 7.55. The molecule has 3 heteroatoms. The SMILES string of the molecule is OCCCNN1CCC2(CC2)C1. The topological polar surface area (TPSA) is 35.5 Å². The molecule has 1 spiro atoms. The number of nitrogens with one attached hydrogen (secondary N) is 1. The molecule has 70 valence electrons. The number of nitrogens with zero attached hydrogens (tertiary/aromatic N) is 1. The van der Waals surface area contributed by atoms with Gasteiger partial charge in [-0.3, -0.25) is 5.43 Å². The fourth-order valence-corrected chi connectivity index (χ4v) is 1.97. The first-order chi connectivity index (χ1) is 5.85. The Hall–Kier alpha value is -0.120. The summed E-state index contributed by atoms with van der Waals surface area (Å²) in [6.45, 7) is 3.66. The van der Waals surface area contributed by atoms with Gasteiger partial charge in [-0.25, -0.2) is 5.01 Å². The van der Waals surface area contributed by atoms with Crippen molar-refractivity contribution in [2.45, 2.75) is 25.7 Å². The molecule has 0 radical (unpaired) electrons. The highest BCUT2D eigenvalue weighted by Crippen LogP contribution is 2.52. The van der Waals surface area contributed by atoms with E-state index in [4.69, 9.17) is 5.11 Å². The standard InChI is InChI=1S/C9H18N2O/c12-7-1-5-10-11-6-4-9(8-11)2-3-9/h10,12H,1-8H2. The number of hydrazine groups is 1. The number of rotatable bonds is 4. The second-order valence-electron chi connectivity index (χ2n) is 4.16. The summed E-state index contributed by atoms with van der Waals surface area (Å²) in [7, 11) is 0. The Morgan fingerprint density at radius 1 is 1.33 bits per heavy atom. The molecule has 2 N–H and O–H groups in total. The van der Waals surface area contributed by atoms with Crippen LogP contribution in [-0.2, 0) is 0 Å². The molecule has 2 rings (SSSR count). The van der Waals surface area contributed by atoms with Crippen LogP contribution in [0.4, 0.5) is 0 Å². The minimum atomic E-state index is 0.298. The van der Waals surface area contributed by atoms with E-state index in [-0.39, 0.29) is 0 Å². The van der Waals surface area contributed by atoms with Crippen LogP contribution >= 0.6 is 0 Å². The van der Waals surface area contributed by atoms with Crippen molar-refractivity contribution in [3.63, 3.8) is 0 Å². The molecule has 1 aliphatic heterocycles. The summed E-state index contributed by atoms with van der Waals surface area (Å²) in [5, 5.41) is 10.9. The van der Waals surface area contributed by atoms with Gasteiger partial charge in [-0.2, -0.15) is 0 Å². The first-order valence-corrected chi connectivity index (χ1v) is 4.94. The molecule has 3 nitrogen and oxygen atoms in total. The van der Waals surface area contributed by atoms with Gasteiger partial charge in [-0.05, 0) is 31.1 Å². The summed E-state index contributed by atoms with van der Waals surface area (Å²) in [6, 6.07) is 0. The molecule has 0 bridgehead atoms. The van der Waals surface area contributed by atoms with Gasteiger partial charge in [0, 0.05) is 26.2 Å². The van der Waals surface area contributed by atoms with Crippen LogP contribution in [0.2, 0.25) is 0 Å². The van der Waals surface area contributed by atoms with Crippen molar-refractivity contribution in [1.29, 1.82) is 0 Å². The minimum absolute atomic E-state index is 0.298. The molecule has 1 saturated carbocycles. The summed E-state index contributed by atoms with van der Waals surface area (Å²) in [5.41, 5.74) is 4.07. The maximum atomic E-state index is 8.60. The van der Waals surface area contributed by atoms with E-state index < -0.39 is 0 Å². The number of hydrogen-bond donors (Lipinski definition) is 2. The van der Waals surface area contributed by atoms with Gasteiger partial charge < -0.3 is 5.11 Å². The molecule has 0 amide bonds. The van der Waals surface area contributed by atoms with E-state index in [0.717, 1.165) is 13.0 Å². The van der Waals surface area contributed by atoms with Crippen LogP contribution in [0, 0.1) is 5.41 Å². The quantitative estimate of drug-likeness (QED) is 0.598. The highest BCUT2D eigenvalue weighted by molar-refractivity contribution is 4.99.